The zero-order valence-corrected chi connectivity index (χ0v) is 9.05. The molecular weight excluding hydrogens is 225 g/mol. The maximum absolute atomic E-state index is 11.7. The Balaban J connectivity index is 3.07. The van der Waals surface area contributed by atoms with Crippen LogP contribution in [0.1, 0.15) is 38.5 Å². The fourth-order valence-corrected chi connectivity index (χ4v) is 1.13. The van der Waals surface area contributed by atoms with Crippen molar-refractivity contribution in [3.63, 3.8) is 0 Å². The molecular formula is C10H17F3O3. The van der Waals surface area contributed by atoms with Gasteiger partial charge >= 0.3 is 12.1 Å². The average molecular weight is 242 g/mol. The standard InChI is InChI=1S/C10H17F3O3/c11-10(12,13)6-4-8-16-7-3-1-2-5-9(14)15/h1-8H2,(H,14,15). The Bertz CT molecular complexity index is 192. The van der Waals surface area contributed by atoms with Gasteiger partial charge < -0.3 is 9.84 Å². The van der Waals surface area contributed by atoms with Crippen molar-refractivity contribution >= 4 is 5.97 Å². The van der Waals surface area contributed by atoms with Crippen molar-refractivity contribution in [2.24, 2.45) is 0 Å². The molecule has 3 nitrogen and oxygen atoms in total. The predicted molar refractivity (Wildman–Crippen MR) is 52.2 cm³/mol. The van der Waals surface area contributed by atoms with Crippen LogP contribution in [0, 0.1) is 0 Å². The van der Waals surface area contributed by atoms with E-state index in [0.717, 1.165) is 6.42 Å². The molecule has 96 valence electrons. The van der Waals surface area contributed by atoms with Crippen molar-refractivity contribution in [1.29, 1.82) is 0 Å². The SMILES string of the molecule is O=C(O)CCCCCOCCCC(F)(F)F. The molecule has 0 unspecified atom stereocenters. The highest BCUT2D eigenvalue weighted by atomic mass is 19.4. The van der Waals surface area contributed by atoms with Crippen molar-refractivity contribution < 1.29 is 27.8 Å². The number of unbranched alkanes of at least 4 members (excludes halogenated alkanes) is 2. The lowest BCUT2D eigenvalue weighted by molar-refractivity contribution is -0.138. The summed E-state index contributed by atoms with van der Waals surface area (Å²) in [6.07, 6.45) is -2.80. The molecule has 0 heterocycles. The first kappa shape index (κ1) is 15.2. The number of rotatable bonds is 9. The van der Waals surface area contributed by atoms with E-state index in [4.69, 9.17) is 9.84 Å². The first-order valence-electron chi connectivity index (χ1n) is 5.28. The number of alkyl halides is 3. The Labute approximate surface area is 92.6 Å². The van der Waals surface area contributed by atoms with Crippen molar-refractivity contribution in [3.05, 3.63) is 0 Å². The quantitative estimate of drug-likeness (QED) is 0.632. The normalized spacial score (nSPS) is 11.7. The van der Waals surface area contributed by atoms with Gasteiger partial charge in [0.2, 0.25) is 0 Å². The van der Waals surface area contributed by atoms with Gasteiger partial charge in [0.05, 0.1) is 0 Å². The number of hydrogen-bond donors (Lipinski definition) is 1. The smallest absolute Gasteiger partial charge is 0.389 e. The van der Waals surface area contributed by atoms with Gasteiger partial charge in [-0.25, -0.2) is 0 Å². The van der Waals surface area contributed by atoms with Crippen LogP contribution >= 0.6 is 0 Å². The molecule has 0 radical (unpaired) electrons. The molecule has 0 fully saturated rings. The van der Waals surface area contributed by atoms with Gasteiger partial charge in [0.1, 0.15) is 0 Å². The van der Waals surface area contributed by atoms with Gasteiger partial charge in [0.25, 0.3) is 0 Å². The van der Waals surface area contributed by atoms with Crippen molar-refractivity contribution in [1.82, 2.24) is 0 Å². The molecule has 0 saturated carbocycles. The fourth-order valence-electron chi connectivity index (χ4n) is 1.13. The molecule has 0 aliphatic heterocycles. The maximum atomic E-state index is 11.7. The molecule has 0 amide bonds. The number of aliphatic carboxylic acids is 1. The summed E-state index contributed by atoms with van der Waals surface area (Å²) >= 11 is 0. The minimum atomic E-state index is -4.11. The van der Waals surface area contributed by atoms with E-state index in [-0.39, 0.29) is 19.4 Å². The third kappa shape index (κ3) is 13.2. The average Bonchev–Trinajstić information content (AvgIpc) is 2.13. The summed E-state index contributed by atoms with van der Waals surface area (Å²) in [5, 5.41) is 8.32. The molecule has 0 aromatic carbocycles. The van der Waals surface area contributed by atoms with E-state index in [1.165, 1.54) is 0 Å². The molecule has 0 bridgehead atoms. The number of carboxylic acids is 1. The third-order valence-corrected chi connectivity index (χ3v) is 1.93. The lowest BCUT2D eigenvalue weighted by atomic mass is 10.2. The fraction of sp³-hybridized carbons (Fsp3) is 0.900. The van der Waals surface area contributed by atoms with E-state index in [9.17, 15) is 18.0 Å². The van der Waals surface area contributed by atoms with E-state index in [0.29, 0.717) is 19.4 Å². The maximum Gasteiger partial charge on any atom is 0.389 e. The number of hydrogen-bond acceptors (Lipinski definition) is 2. The number of carboxylic acid groups (broad SMARTS) is 1. The second kappa shape index (κ2) is 8.38. The second-order valence-corrected chi connectivity index (χ2v) is 3.54. The van der Waals surface area contributed by atoms with Crippen LogP contribution in [0.5, 0.6) is 0 Å². The number of ether oxygens (including phenoxy) is 1. The molecule has 0 spiro atoms. The highest BCUT2D eigenvalue weighted by Crippen LogP contribution is 2.20. The van der Waals surface area contributed by atoms with Crippen LogP contribution in [0.25, 0.3) is 0 Å². The highest BCUT2D eigenvalue weighted by Gasteiger charge is 2.25. The largest absolute Gasteiger partial charge is 0.481 e. The predicted octanol–water partition coefficient (Wildman–Crippen LogP) is 2.99. The monoisotopic (exact) mass is 242 g/mol. The van der Waals surface area contributed by atoms with Gasteiger partial charge in [-0.3, -0.25) is 4.79 Å². The van der Waals surface area contributed by atoms with Crippen LogP contribution in [0.4, 0.5) is 13.2 Å². The Kier molecular flexibility index (Phi) is 7.97. The Morgan fingerprint density at radius 2 is 1.69 bits per heavy atom. The number of halogens is 3. The molecule has 16 heavy (non-hydrogen) atoms. The van der Waals surface area contributed by atoms with Gasteiger partial charge in [0, 0.05) is 26.1 Å². The van der Waals surface area contributed by atoms with Crippen LogP contribution < -0.4 is 0 Å². The summed E-state index contributed by atoms with van der Waals surface area (Å²) in [5.41, 5.74) is 0. The summed E-state index contributed by atoms with van der Waals surface area (Å²) in [5.74, 6) is -0.828. The minimum Gasteiger partial charge on any atom is -0.481 e. The molecule has 0 aromatic rings. The molecule has 0 rings (SSSR count). The molecule has 0 aromatic heterocycles. The molecule has 0 aliphatic rings. The Morgan fingerprint density at radius 1 is 1.06 bits per heavy atom. The van der Waals surface area contributed by atoms with Crippen LogP contribution in [0.3, 0.4) is 0 Å². The van der Waals surface area contributed by atoms with Crippen molar-refractivity contribution in [2.45, 2.75) is 44.7 Å². The van der Waals surface area contributed by atoms with E-state index in [1.54, 1.807) is 0 Å². The summed E-state index contributed by atoms with van der Waals surface area (Å²) in [6.45, 7) is 0.510. The molecule has 0 atom stereocenters. The number of carbonyl (C=O) groups is 1. The van der Waals surface area contributed by atoms with Crippen LogP contribution in [-0.4, -0.2) is 30.5 Å². The lowest BCUT2D eigenvalue weighted by Gasteiger charge is -2.06. The van der Waals surface area contributed by atoms with Gasteiger partial charge in [0.15, 0.2) is 0 Å². The topological polar surface area (TPSA) is 46.5 Å². The van der Waals surface area contributed by atoms with Crippen LogP contribution in [0.15, 0.2) is 0 Å². The zero-order chi connectivity index (χ0) is 12.4. The third-order valence-electron chi connectivity index (χ3n) is 1.93. The highest BCUT2D eigenvalue weighted by molar-refractivity contribution is 5.66. The lowest BCUT2D eigenvalue weighted by Crippen LogP contribution is -2.09. The van der Waals surface area contributed by atoms with Crippen LogP contribution in [0.2, 0.25) is 0 Å². The van der Waals surface area contributed by atoms with Gasteiger partial charge in [-0.1, -0.05) is 6.42 Å². The molecule has 1 N–H and O–H groups in total. The van der Waals surface area contributed by atoms with E-state index < -0.39 is 18.6 Å². The Hall–Kier alpha value is -0.780. The van der Waals surface area contributed by atoms with Crippen molar-refractivity contribution in [2.75, 3.05) is 13.2 Å². The van der Waals surface area contributed by atoms with Gasteiger partial charge in [-0.15, -0.1) is 0 Å². The molecule has 6 heteroatoms. The minimum absolute atomic E-state index is 0.0153. The van der Waals surface area contributed by atoms with Gasteiger partial charge in [-0.2, -0.15) is 13.2 Å². The van der Waals surface area contributed by atoms with E-state index in [2.05, 4.69) is 0 Å². The first-order chi connectivity index (χ1) is 7.42. The van der Waals surface area contributed by atoms with Crippen molar-refractivity contribution in [3.8, 4) is 0 Å². The van der Waals surface area contributed by atoms with Crippen LogP contribution in [-0.2, 0) is 9.53 Å². The summed E-state index contributed by atoms with van der Waals surface area (Å²) in [4.78, 5) is 10.1. The zero-order valence-electron chi connectivity index (χ0n) is 9.05. The summed E-state index contributed by atoms with van der Waals surface area (Å²) in [6, 6.07) is 0. The molecule has 0 aliphatic carbocycles. The summed E-state index contributed by atoms with van der Waals surface area (Å²) < 4.78 is 40.1. The van der Waals surface area contributed by atoms with E-state index >= 15 is 0 Å². The van der Waals surface area contributed by atoms with E-state index in [1.807, 2.05) is 0 Å². The Morgan fingerprint density at radius 3 is 2.25 bits per heavy atom. The van der Waals surface area contributed by atoms with Gasteiger partial charge in [-0.05, 0) is 19.3 Å². The molecule has 0 saturated heterocycles. The second-order valence-electron chi connectivity index (χ2n) is 3.54. The summed E-state index contributed by atoms with van der Waals surface area (Å²) in [7, 11) is 0. The first-order valence-corrected chi connectivity index (χ1v) is 5.28.